The highest BCUT2D eigenvalue weighted by atomic mass is 16.5. The lowest BCUT2D eigenvalue weighted by molar-refractivity contribution is -0.122. The summed E-state index contributed by atoms with van der Waals surface area (Å²) in [5.41, 5.74) is 4.61. The first kappa shape index (κ1) is 20.3. The third-order valence-electron chi connectivity index (χ3n) is 5.72. The van der Waals surface area contributed by atoms with Crippen molar-refractivity contribution < 1.29 is 9.32 Å². The Morgan fingerprint density at radius 1 is 1.07 bits per heavy atom. The average molecular weight is 404 g/mol. The van der Waals surface area contributed by atoms with Crippen molar-refractivity contribution in [2.75, 3.05) is 0 Å². The number of hydrogen-bond acceptors (Lipinski definition) is 4. The molecule has 1 fully saturated rings. The Hall–Kier alpha value is -2.95. The maximum Gasteiger partial charge on any atom is 0.227 e. The fourth-order valence-corrected chi connectivity index (χ4v) is 3.63. The molecule has 0 spiro atoms. The van der Waals surface area contributed by atoms with E-state index >= 15 is 0 Å². The highest BCUT2D eigenvalue weighted by Gasteiger charge is 2.33. The van der Waals surface area contributed by atoms with E-state index in [1.54, 1.807) is 0 Å². The zero-order valence-corrected chi connectivity index (χ0v) is 17.9. The van der Waals surface area contributed by atoms with Crippen LogP contribution in [-0.2, 0) is 11.2 Å². The van der Waals surface area contributed by atoms with Gasteiger partial charge in [-0.3, -0.25) is 4.79 Å². The van der Waals surface area contributed by atoms with E-state index < -0.39 is 0 Å². The minimum Gasteiger partial charge on any atom is -0.349 e. The minimum absolute atomic E-state index is 0.0218. The highest BCUT2D eigenvalue weighted by Crippen LogP contribution is 2.41. The zero-order valence-electron chi connectivity index (χ0n) is 17.9. The molecular formula is C25H29N3O2. The lowest BCUT2D eigenvalue weighted by atomic mass is 10.0. The summed E-state index contributed by atoms with van der Waals surface area (Å²) in [6.07, 6.45) is 3.11. The molecule has 1 atom stereocenters. The number of carbonyl (C=O) groups is 1. The molecule has 2 aromatic carbocycles. The monoisotopic (exact) mass is 403 g/mol. The van der Waals surface area contributed by atoms with Crippen LogP contribution in [0.3, 0.4) is 0 Å². The first-order valence-corrected chi connectivity index (χ1v) is 10.8. The van der Waals surface area contributed by atoms with E-state index in [0.29, 0.717) is 36.4 Å². The lowest BCUT2D eigenvalue weighted by Gasteiger charge is -2.19. The zero-order chi connectivity index (χ0) is 21.1. The number of nitrogens with one attached hydrogen (secondary N) is 1. The number of carbonyl (C=O) groups excluding carboxylic acids is 1. The molecule has 1 aliphatic carbocycles. The van der Waals surface area contributed by atoms with Crippen LogP contribution in [0.4, 0.5) is 0 Å². The molecular weight excluding hydrogens is 374 g/mol. The molecule has 1 N–H and O–H groups in total. The molecule has 1 amide bonds. The van der Waals surface area contributed by atoms with E-state index in [-0.39, 0.29) is 11.9 Å². The number of nitrogens with zero attached hydrogens (tertiary/aromatic N) is 2. The Morgan fingerprint density at radius 3 is 2.37 bits per heavy atom. The SMILES string of the molecule is Cc1ccc(C(NC(=O)CCc2nc(-c3ccc(C(C)C)cc3)no2)C2CC2)cc1. The number of aromatic nitrogens is 2. The van der Waals surface area contributed by atoms with Crippen molar-refractivity contribution in [1.82, 2.24) is 15.5 Å². The van der Waals surface area contributed by atoms with Crippen molar-refractivity contribution in [3.8, 4) is 11.4 Å². The molecule has 156 valence electrons. The third-order valence-corrected chi connectivity index (χ3v) is 5.72. The van der Waals surface area contributed by atoms with Gasteiger partial charge in [0.1, 0.15) is 0 Å². The van der Waals surface area contributed by atoms with Crippen molar-refractivity contribution in [3.63, 3.8) is 0 Å². The third kappa shape index (κ3) is 4.96. The quantitative estimate of drug-likeness (QED) is 0.549. The molecule has 1 saturated carbocycles. The molecule has 5 heteroatoms. The molecule has 1 aromatic heterocycles. The summed E-state index contributed by atoms with van der Waals surface area (Å²) in [5, 5.41) is 7.29. The second-order valence-electron chi connectivity index (χ2n) is 8.58. The number of benzene rings is 2. The summed E-state index contributed by atoms with van der Waals surface area (Å²) in [6.45, 7) is 6.41. The summed E-state index contributed by atoms with van der Waals surface area (Å²) in [7, 11) is 0. The lowest BCUT2D eigenvalue weighted by Crippen LogP contribution is -2.30. The van der Waals surface area contributed by atoms with Crippen LogP contribution >= 0.6 is 0 Å². The fourth-order valence-electron chi connectivity index (χ4n) is 3.63. The number of hydrogen-bond donors (Lipinski definition) is 1. The Balaban J connectivity index is 1.34. The molecule has 0 aliphatic heterocycles. The van der Waals surface area contributed by atoms with Gasteiger partial charge in [0.2, 0.25) is 17.6 Å². The van der Waals surface area contributed by atoms with E-state index in [2.05, 4.69) is 72.6 Å². The molecule has 0 bridgehead atoms. The Labute approximate surface area is 177 Å². The van der Waals surface area contributed by atoms with Gasteiger partial charge in [0.25, 0.3) is 0 Å². The molecule has 1 unspecified atom stereocenters. The largest absolute Gasteiger partial charge is 0.349 e. The normalized spacial score (nSPS) is 14.7. The van der Waals surface area contributed by atoms with Crippen LogP contribution in [0.15, 0.2) is 53.1 Å². The molecule has 30 heavy (non-hydrogen) atoms. The summed E-state index contributed by atoms with van der Waals surface area (Å²) < 4.78 is 5.37. The Kier molecular flexibility index (Phi) is 5.98. The van der Waals surface area contributed by atoms with Crippen LogP contribution in [-0.4, -0.2) is 16.0 Å². The standard InChI is InChI=1S/C25H29N3O2/c1-16(2)18-8-12-21(13-9-18)25-27-23(30-28-25)15-14-22(29)26-24(20-10-11-20)19-6-4-17(3)5-7-19/h4-9,12-13,16,20,24H,10-11,14-15H2,1-3H3,(H,26,29). The van der Waals surface area contributed by atoms with Crippen LogP contribution < -0.4 is 5.32 Å². The number of aryl methyl sites for hydroxylation is 2. The van der Waals surface area contributed by atoms with Gasteiger partial charge < -0.3 is 9.84 Å². The predicted molar refractivity (Wildman–Crippen MR) is 117 cm³/mol. The number of amides is 1. The number of rotatable bonds is 8. The fraction of sp³-hybridized carbons (Fsp3) is 0.400. The Bertz CT molecular complexity index is 986. The van der Waals surface area contributed by atoms with E-state index in [1.807, 2.05) is 12.1 Å². The summed E-state index contributed by atoms with van der Waals surface area (Å²) in [4.78, 5) is 17.0. The molecule has 1 aliphatic rings. The molecule has 0 saturated heterocycles. The second kappa shape index (κ2) is 8.82. The van der Waals surface area contributed by atoms with Crippen LogP contribution in [0.1, 0.15) is 67.7 Å². The second-order valence-corrected chi connectivity index (χ2v) is 8.58. The Morgan fingerprint density at radius 2 is 1.73 bits per heavy atom. The molecule has 4 rings (SSSR count). The van der Waals surface area contributed by atoms with Gasteiger partial charge in [-0.1, -0.05) is 73.1 Å². The summed E-state index contributed by atoms with van der Waals surface area (Å²) in [6, 6.07) is 16.7. The van der Waals surface area contributed by atoms with Gasteiger partial charge >= 0.3 is 0 Å². The van der Waals surface area contributed by atoms with Gasteiger partial charge in [0, 0.05) is 18.4 Å². The summed E-state index contributed by atoms with van der Waals surface area (Å²) in [5.74, 6) is 2.11. The van der Waals surface area contributed by atoms with Gasteiger partial charge in [-0.25, -0.2) is 0 Å². The molecule has 3 aromatic rings. The van der Waals surface area contributed by atoms with E-state index in [4.69, 9.17) is 4.52 Å². The van der Waals surface area contributed by atoms with Crippen LogP contribution in [0, 0.1) is 12.8 Å². The van der Waals surface area contributed by atoms with E-state index in [1.165, 1.54) is 29.5 Å². The maximum absolute atomic E-state index is 12.6. The molecule has 0 radical (unpaired) electrons. The first-order chi connectivity index (χ1) is 14.5. The predicted octanol–water partition coefficient (Wildman–Crippen LogP) is 5.37. The van der Waals surface area contributed by atoms with Gasteiger partial charge in [-0.2, -0.15) is 4.98 Å². The van der Waals surface area contributed by atoms with Gasteiger partial charge in [0.15, 0.2) is 0 Å². The van der Waals surface area contributed by atoms with Crippen molar-refractivity contribution in [1.29, 1.82) is 0 Å². The van der Waals surface area contributed by atoms with Crippen molar-refractivity contribution >= 4 is 5.91 Å². The van der Waals surface area contributed by atoms with Crippen LogP contribution in [0.5, 0.6) is 0 Å². The van der Waals surface area contributed by atoms with Crippen LogP contribution in [0.2, 0.25) is 0 Å². The van der Waals surface area contributed by atoms with Gasteiger partial charge in [0.05, 0.1) is 6.04 Å². The summed E-state index contributed by atoms with van der Waals surface area (Å²) >= 11 is 0. The average Bonchev–Trinajstić information content (AvgIpc) is 3.48. The first-order valence-electron chi connectivity index (χ1n) is 10.8. The molecule has 1 heterocycles. The van der Waals surface area contributed by atoms with Crippen molar-refractivity contribution in [2.45, 2.75) is 58.4 Å². The van der Waals surface area contributed by atoms with Crippen molar-refractivity contribution in [2.24, 2.45) is 5.92 Å². The van der Waals surface area contributed by atoms with Crippen LogP contribution in [0.25, 0.3) is 11.4 Å². The van der Waals surface area contributed by atoms with Gasteiger partial charge in [-0.05, 0) is 42.7 Å². The van der Waals surface area contributed by atoms with E-state index in [9.17, 15) is 4.79 Å². The topological polar surface area (TPSA) is 68.0 Å². The smallest absolute Gasteiger partial charge is 0.227 e. The highest BCUT2D eigenvalue weighted by molar-refractivity contribution is 5.76. The van der Waals surface area contributed by atoms with Gasteiger partial charge in [-0.15, -0.1) is 0 Å². The van der Waals surface area contributed by atoms with Crippen molar-refractivity contribution in [3.05, 3.63) is 71.1 Å². The van der Waals surface area contributed by atoms with E-state index in [0.717, 1.165) is 5.56 Å². The minimum atomic E-state index is 0.0218. The maximum atomic E-state index is 12.6. The molecule has 5 nitrogen and oxygen atoms in total.